The fourth-order valence-corrected chi connectivity index (χ4v) is 4.15. The zero-order chi connectivity index (χ0) is 20.1. The first-order chi connectivity index (χ1) is 13.5. The first kappa shape index (κ1) is 20.5. The van der Waals surface area contributed by atoms with E-state index in [1.54, 1.807) is 12.1 Å². The number of nitro benzene ring substituents is 1. The summed E-state index contributed by atoms with van der Waals surface area (Å²) in [6.45, 7) is 0.558. The minimum absolute atomic E-state index is 0.0746. The van der Waals surface area contributed by atoms with E-state index < -0.39 is 4.92 Å². The number of hydrogen-bond acceptors (Lipinski definition) is 6. The van der Waals surface area contributed by atoms with Crippen molar-refractivity contribution in [3.8, 4) is 11.5 Å². The number of amides is 1. The molecule has 7 nitrogen and oxygen atoms in total. The maximum atomic E-state index is 12.4. The molecule has 3 rings (SSSR count). The molecule has 0 aromatic heterocycles. The third kappa shape index (κ3) is 4.96. The van der Waals surface area contributed by atoms with Crippen LogP contribution < -0.4 is 14.8 Å². The average Bonchev–Trinajstić information content (AvgIpc) is 2.68. The molecule has 148 valence electrons. The Hall–Kier alpha value is -2.26. The number of fused-ring (bicyclic) bond motifs is 1. The van der Waals surface area contributed by atoms with Crippen LogP contribution in [0.3, 0.4) is 0 Å². The van der Waals surface area contributed by atoms with E-state index in [1.807, 2.05) is 18.2 Å². The molecule has 0 aliphatic carbocycles. The summed E-state index contributed by atoms with van der Waals surface area (Å²) in [5, 5.41) is 14.1. The summed E-state index contributed by atoms with van der Waals surface area (Å²) in [5.41, 5.74) is 1.66. The lowest BCUT2D eigenvalue weighted by atomic mass is 10.0. The van der Waals surface area contributed by atoms with Crippen LogP contribution in [-0.4, -0.2) is 30.3 Å². The quantitative estimate of drug-likeness (QED) is 0.484. The largest absolute Gasteiger partial charge is 0.493 e. The molecule has 2 aromatic carbocycles. The number of ether oxygens (including phenoxy) is 2. The van der Waals surface area contributed by atoms with Crippen molar-refractivity contribution < 1.29 is 19.2 Å². The van der Waals surface area contributed by atoms with Crippen LogP contribution in [0.4, 0.5) is 5.69 Å². The Morgan fingerprint density at radius 3 is 2.96 bits per heavy atom. The Balaban J connectivity index is 1.55. The summed E-state index contributed by atoms with van der Waals surface area (Å²) in [7, 11) is 1.40. The number of thioether (sulfide) groups is 1. The number of carbonyl (C=O) groups is 1. The highest BCUT2D eigenvalue weighted by Crippen LogP contribution is 2.34. The molecule has 0 radical (unpaired) electrons. The van der Waals surface area contributed by atoms with Crippen molar-refractivity contribution in [3.05, 3.63) is 62.1 Å². The molecule has 1 atom stereocenters. The molecule has 0 bridgehead atoms. The normalized spacial score (nSPS) is 15.3. The van der Waals surface area contributed by atoms with E-state index in [0.717, 1.165) is 21.3 Å². The van der Waals surface area contributed by atoms with Crippen LogP contribution in [0.5, 0.6) is 11.5 Å². The second kappa shape index (κ2) is 9.29. The van der Waals surface area contributed by atoms with E-state index in [9.17, 15) is 14.9 Å². The van der Waals surface area contributed by atoms with E-state index in [2.05, 4.69) is 21.2 Å². The molecule has 1 aliphatic rings. The van der Waals surface area contributed by atoms with Gasteiger partial charge < -0.3 is 14.8 Å². The van der Waals surface area contributed by atoms with Crippen LogP contribution in [0.25, 0.3) is 0 Å². The number of nitro groups is 1. The minimum Gasteiger partial charge on any atom is -0.493 e. The molecular weight excluding hydrogens is 448 g/mol. The molecule has 0 spiro atoms. The average molecular weight is 467 g/mol. The van der Waals surface area contributed by atoms with Crippen molar-refractivity contribution in [1.82, 2.24) is 5.32 Å². The lowest BCUT2D eigenvalue weighted by molar-refractivity contribution is -0.385. The maximum absolute atomic E-state index is 12.4. The Kier molecular flexibility index (Phi) is 6.79. The summed E-state index contributed by atoms with van der Waals surface area (Å²) in [6.07, 6.45) is 0.713. The molecule has 2 aromatic rings. The predicted molar refractivity (Wildman–Crippen MR) is 111 cm³/mol. The summed E-state index contributed by atoms with van der Waals surface area (Å²) in [5.74, 6) is 1.69. The lowest BCUT2D eigenvalue weighted by Crippen LogP contribution is -2.33. The molecule has 0 saturated carbocycles. The first-order valence-electron chi connectivity index (χ1n) is 8.58. The third-order valence-electron chi connectivity index (χ3n) is 4.29. The summed E-state index contributed by atoms with van der Waals surface area (Å²) in [6, 6.07) is 10.5. The van der Waals surface area contributed by atoms with Gasteiger partial charge in [-0.2, -0.15) is 0 Å². The molecular formula is C19H19BrN2O5S. The minimum atomic E-state index is -0.472. The summed E-state index contributed by atoms with van der Waals surface area (Å²) < 4.78 is 11.6. The Labute approximate surface area is 175 Å². The monoisotopic (exact) mass is 466 g/mol. The molecule has 1 N–H and O–H groups in total. The third-order valence-corrected chi connectivity index (χ3v) is 5.79. The van der Waals surface area contributed by atoms with Gasteiger partial charge in [-0.05, 0) is 29.8 Å². The van der Waals surface area contributed by atoms with Crippen molar-refractivity contribution in [1.29, 1.82) is 0 Å². The van der Waals surface area contributed by atoms with Gasteiger partial charge in [0.05, 0.1) is 30.4 Å². The predicted octanol–water partition coefficient (Wildman–Crippen LogP) is 4.24. The fourth-order valence-electron chi connectivity index (χ4n) is 2.98. The van der Waals surface area contributed by atoms with E-state index >= 15 is 0 Å². The van der Waals surface area contributed by atoms with Crippen LogP contribution in [0.2, 0.25) is 0 Å². The highest BCUT2D eigenvalue weighted by Gasteiger charge is 2.23. The van der Waals surface area contributed by atoms with Gasteiger partial charge in [0.2, 0.25) is 5.91 Å². The van der Waals surface area contributed by atoms with E-state index in [0.29, 0.717) is 18.8 Å². The molecule has 1 amide bonds. The van der Waals surface area contributed by atoms with Crippen LogP contribution in [0.15, 0.2) is 40.9 Å². The van der Waals surface area contributed by atoms with Crippen molar-refractivity contribution >= 4 is 39.3 Å². The van der Waals surface area contributed by atoms with Gasteiger partial charge in [0.25, 0.3) is 0 Å². The zero-order valence-electron chi connectivity index (χ0n) is 15.1. The van der Waals surface area contributed by atoms with Crippen LogP contribution in [0, 0.1) is 10.1 Å². The summed E-state index contributed by atoms with van der Waals surface area (Å²) in [4.78, 5) is 23.0. The summed E-state index contributed by atoms with van der Waals surface area (Å²) >= 11 is 4.85. The fraction of sp³-hybridized carbons (Fsp3) is 0.316. The van der Waals surface area contributed by atoms with Crippen molar-refractivity contribution in [2.24, 2.45) is 0 Å². The van der Waals surface area contributed by atoms with Gasteiger partial charge in [-0.25, -0.2) is 0 Å². The second-order valence-electron chi connectivity index (χ2n) is 6.20. The number of hydrogen-bond donors (Lipinski definition) is 1. The molecule has 9 heteroatoms. The van der Waals surface area contributed by atoms with Crippen molar-refractivity contribution in [2.75, 3.05) is 19.5 Å². The molecule has 1 unspecified atom stereocenters. The van der Waals surface area contributed by atoms with Crippen LogP contribution >= 0.6 is 27.7 Å². The van der Waals surface area contributed by atoms with Gasteiger partial charge in [-0.1, -0.05) is 22.0 Å². The smallest absolute Gasteiger partial charge is 0.311 e. The second-order valence-corrected chi connectivity index (χ2v) is 8.10. The Bertz CT molecular complexity index is 893. The van der Waals surface area contributed by atoms with Gasteiger partial charge in [0.1, 0.15) is 5.75 Å². The molecule has 0 fully saturated rings. The van der Waals surface area contributed by atoms with E-state index in [1.165, 1.54) is 24.9 Å². The zero-order valence-corrected chi connectivity index (χ0v) is 17.5. The van der Waals surface area contributed by atoms with Gasteiger partial charge in [0.15, 0.2) is 5.75 Å². The van der Waals surface area contributed by atoms with Crippen LogP contribution in [0.1, 0.15) is 23.6 Å². The SMILES string of the molecule is COc1ccc(CSCC(=O)NC2CCOc3ccc(Br)cc32)cc1[N+](=O)[O-]. The van der Waals surface area contributed by atoms with Gasteiger partial charge in [-0.3, -0.25) is 14.9 Å². The highest BCUT2D eigenvalue weighted by molar-refractivity contribution is 9.10. The molecule has 0 saturated heterocycles. The number of nitrogens with zero attached hydrogens (tertiary/aromatic N) is 1. The lowest BCUT2D eigenvalue weighted by Gasteiger charge is -2.27. The first-order valence-corrected chi connectivity index (χ1v) is 10.5. The van der Waals surface area contributed by atoms with Crippen molar-refractivity contribution in [3.63, 3.8) is 0 Å². The number of rotatable bonds is 7. The number of nitrogens with one attached hydrogen (secondary N) is 1. The van der Waals surface area contributed by atoms with E-state index in [4.69, 9.17) is 9.47 Å². The van der Waals surface area contributed by atoms with Gasteiger partial charge in [0, 0.05) is 28.3 Å². The number of halogens is 1. The number of benzene rings is 2. The van der Waals surface area contributed by atoms with Crippen molar-refractivity contribution in [2.45, 2.75) is 18.2 Å². The maximum Gasteiger partial charge on any atom is 0.311 e. The topological polar surface area (TPSA) is 90.7 Å². The van der Waals surface area contributed by atoms with E-state index in [-0.39, 0.29) is 29.1 Å². The Morgan fingerprint density at radius 1 is 1.39 bits per heavy atom. The van der Waals surface area contributed by atoms with Gasteiger partial charge in [-0.15, -0.1) is 11.8 Å². The molecule has 1 heterocycles. The standard InChI is InChI=1S/C19H19BrN2O5S/c1-26-18-4-2-12(8-16(18)22(24)25)10-28-11-19(23)21-15-6-7-27-17-5-3-13(20)9-14(15)17/h2-5,8-9,15H,6-7,10-11H2,1H3,(H,21,23). The number of carbonyl (C=O) groups excluding carboxylic acids is 1. The molecule has 28 heavy (non-hydrogen) atoms. The van der Waals surface area contributed by atoms with Crippen LogP contribution in [-0.2, 0) is 10.5 Å². The van der Waals surface area contributed by atoms with Gasteiger partial charge >= 0.3 is 5.69 Å². The Morgan fingerprint density at radius 2 is 2.21 bits per heavy atom. The highest BCUT2D eigenvalue weighted by atomic mass is 79.9. The molecule has 1 aliphatic heterocycles. The number of methoxy groups -OCH3 is 1.